The highest BCUT2D eigenvalue weighted by molar-refractivity contribution is 6.31. The Hall–Kier alpha value is -4.31. The van der Waals surface area contributed by atoms with Crippen molar-refractivity contribution in [3.8, 4) is 11.4 Å². The number of amides is 1. The van der Waals surface area contributed by atoms with E-state index in [4.69, 9.17) is 16.3 Å². The van der Waals surface area contributed by atoms with Crippen LogP contribution in [0.5, 0.6) is 5.75 Å². The van der Waals surface area contributed by atoms with Crippen molar-refractivity contribution in [3.05, 3.63) is 99.7 Å². The Balaban J connectivity index is 1.45. The first-order valence-electron chi connectivity index (χ1n) is 12.1. The second-order valence-electron chi connectivity index (χ2n) is 9.27. The Morgan fingerprint density at radius 2 is 1.95 bits per heavy atom. The molecule has 200 valence electrons. The molecule has 11 heteroatoms. The predicted octanol–water partition coefficient (Wildman–Crippen LogP) is 5.77. The third-order valence-electron chi connectivity index (χ3n) is 6.43. The molecule has 0 bridgehead atoms. The van der Waals surface area contributed by atoms with Gasteiger partial charge in [-0.3, -0.25) is 9.48 Å². The molecule has 39 heavy (non-hydrogen) atoms. The molecular weight excluding hydrogens is 526 g/mol. The number of rotatable bonds is 7. The zero-order valence-corrected chi connectivity index (χ0v) is 22.4. The zero-order valence-electron chi connectivity index (χ0n) is 21.7. The molecule has 1 N–H and O–H groups in total. The average molecular weight is 551 g/mol. The van der Waals surface area contributed by atoms with Crippen molar-refractivity contribution < 1.29 is 18.3 Å². The van der Waals surface area contributed by atoms with Crippen LogP contribution in [0.2, 0.25) is 5.02 Å². The van der Waals surface area contributed by atoms with Crippen LogP contribution in [0.3, 0.4) is 0 Å². The third-order valence-corrected chi connectivity index (χ3v) is 6.77. The molecular formula is C28H25ClF2N6O2. The Morgan fingerprint density at radius 1 is 1.15 bits per heavy atom. The molecule has 0 radical (unpaired) electrons. The number of nitrogens with one attached hydrogen (secondary N) is 1. The van der Waals surface area contributed by atoms with Crippen LogP contribution in [0.1, 0.15) is 46.0 Å². The lowest BCUT2D eigenvalue weighted by atomic mass is 10.0. The van der Waals surface area contributed by atoms with E-state index in [9.17, 15) is 13.6 Å². The van der Waals surface area contributed by atoms with Crippen molar-refractivity contribution in [2.45, 2.75) is 33.4 Å². The van der Waals surface area contributed by atoms with Gasteiger partial charge >= 0.3 is 0 Å². The van der Waals surface area contributed by atoms with E-state index >= 15 is 0 Å². The minimum Gasteiger partial charge on any atom is -0.487 e. The predicted molar refractivity (Wildman–Crippen MR) is 143 cm³/mol. The molecule has 0 aliphatic heterocycles. The van der Waals surface area contributed by atoms with Crippen LogP contribution in [-0.4, -0.2) is 30.5 Å². The maximum absolute atomic E-state index is 14.4. The zero-order chi connectivity index (χ0) is 27.8. The number of fused-ring (bicyclic) bond motifs is 1. The van der Waals surface area contributed by atoms with Crippen molar-refractivity contribution in [2.24, 2.45) is 7.05 Å². The first-order chi connectivity index (χ1) is 18.6. The first kappa shape index (κ1) is 26.3. The largest absolute Gasteiger partial charge is 0.487 e. The fourth-order valence-corrected chi connectivity index (χ4v) is 4.67. The van der Waals surface area contributed by atoms with E-state index < -0.39 is 23.6 Å². The van der Waals surface area contributed by atoms with Crippen molar-refractivity contribution in [3.63, 3.8) is 0 Å². The van der Waals surface area contributed by atoms with Gasteiger partial charge in [-0.2, -0.15) is 10.2 Å². The van der Waals surface area contributed by atoms with Gasteiger partial charge in [-0.1, -0.05) is 23.7 Å². The molecule has 3 heterocycles. The lowest BCUT2D eigenvalue weighted by Crippen LogP contribution is -2.28. The summed E-state index contributed by atoms with van der Waals surface area (Å²) in [5, 5.41) is 12.0. The highest BCUT2D eigenvalue weighted by Crippen LogP contribution is 2.32. The van der Waals surface area contributed by atoms with Crippen LogP contribution >= 0.6 is 11.6 Å². The number of carbonyl (C=O) groups excluding carboxylic acids is 1. The van der Waals surface area contributed by atoms with Crippen LogP contribution in [0, 0.1) is 25.5 Å². The second-order valence-corrected chi connectivity index (χ2v) is 9.68. The van der Waals surface area contributed by atoms with Gasteiger partial charge in [-0.05, 0) is 56.7 Å². The molecule has 5 rings (SSSR count). The molecule has 1 amide bonds. The van der Waals surface area contributed by atoms with Gasteiger partial charge in [0.05, 0.1) is 29.1 Å². The number of ether oxygens (including phenoxy) is 1. The Bertz CT molecular complexity index is 1690. The summed E-state index contributed by atoms with van der Waals surface area (Å²) in [6, 6.07) is 10.8. The molecule has 0 fully saturated rings. The number of pyridine rings is 1. The second kappa shape index (κ2) is 10.5. The normalized spacial score (nSPS) is 12.1. The molecule has 0 saturated carbocycles. The topological polar surface area (TPSA) is 86.9 Å². The number of hydrogen-bond acceptors (Lipinski definition) is 5. The van der Waals surface area contributed by atoms with Crippen LogP contribution < -0.4 is 10.1 Å². The summed E-state index contributed by atoms with van der Waals surface area (Å²) in [5.41, 5.74) is 3.96. The van der Waals surface area contributed by atoms with Crippen LogP contribution in [-0.2, 0) is 13.7 Å². The lowest BCUT2D eigenvalue weighted by molar-refractivity contribution is 0.0933. The highest BCUT2D eigenvalue weighted by atomic mass is 35.5. The van der Waals surface area contributed by atoms with Crippen LogP contribution in [0.4, 0.5) is 8.78 Å². The van der Waals surface area contributed by atoms with Gasteiger partial charge in [0.1, 0.15) is 29.4 Å². The van der Waals surface area contributed by atoms with E-state index in [0.717, 1.165) is 11.9 Å². The number of hydrogen-bond donors (Lipinski definition) is 1. The smallest absolute Gasteiger partial charge is 0.272 e. The highest BCUT2D eigenvalue weighted by Gasteiger charge is 2.21. The summed E-state index contributed by atoms with van der Waals surface area (Å²) in [4.78, 5) is 17.4. The summed E-state index contributed by atoms with van der Waals surface area (Å²) in [6.07, 6.45) is 2.42. The van der Waals surface area contributed by atoms with Crippen LogP contribution in [0.15, 0.2) is 54.9 Å². The van der Waals surface area contributed by atoms with E-state index in [1.54, 1.807) is 42.9 Å². The van der Waals surface area contributed by atoms with Gasteiger partial charge in [0, 0.05) is 29.4 Å². The number of para-hydroxylation sites is 1. The molecule has 5 aromatic rings. The summed E-state index contributed by atoms with van der Waals surface area (Å²) < 4.78 is 37.3. The Kier molecular flexibility index (Phi) is 7.05. The van der Waals surface area contributed by atoms with E-state index in [1.807, 2.05) is 19.9 Å². The summed E-state index contributed by atoms with van der Waals surface area (Å²) >= 11 is 6.46. The van der Waals surface area contributed by atoms with Gasteiger partial charge in [-0.25, -0.2) is 18.4 Å². The molecule has 0 unspecified atom stereocenters. The quantitative estimate of drug-likeness (QED) is 0.278. The van der Waals surface area contributed by atoms with Crippen molar-refractivity contribution in [1.29, 1.82) is 0 Å². The monoisotopic (exact) mass is 550 g/mol. The van der Waals surface area contributed by atoms with E-state index in [2.05, 4.69) is 20.5 Å². The van der Waals surface area contributed by atoms with Gasteiger partial charge in [0.25, 0.3) is 5.91 Å². The molecule has 8 nitrogen and oxygen atoms in total. The first-order valence-corrected chi connectivity index (χ1v) is 12.5. The average Bonchev–Trinajstić information content (AvgIpc) is 3.47. The number of aromatic nitrogens is 5. The fraction of sp³-hybridized carbons (Fsp3) is 0.214. The Labute approximate surface area is 228 Å². The molecule has 0 aliphatic carbocycles. The summed E-state index contributed by atoms with van der Waals surface area (Å²) in [7, 11) is 1.75. The maximum Gasteiger partial charge on any atom is 0.272 e. The number of aryl methyl sites for hydroxylation is 3. The summed E-state index contributed by atoms with van der Waals surface area (Å²) in [6.45, 7) is 5.38. The van der Waals surface area contributed by atoms with Gasteiger partial charge in [0.15, 0.2) is 5.82 Å². The van der Waals surface area contributed by atoms with Crippen molar-refractivity contribution in [1.82, 2.24) is 29.9 Å². The summed E-state index contributed by atoms with van der Waals surface area (Å²) in [5.74, 6) is -0.929. The van der Waals surface area contributed by atoms with Crippen molar-refractivity contribution in [2.75, 3.05) is 0 Å². The van der Waals surface area contributed by atoms with E-state index in [1.165, 1.54) is 23.0 Å². The van der Waals surface area contributed by atoms with E-state index in [-0.39, 0.29) is 17.3 Å². The maximum atomic E-state index is 14.4. The lowest BCUT2D eigenvalue weighted by Gasteiger charge is -2.20. The van der Waals surface area contributed by atoms with Crippen LogP contribution in [0.25, 0.3) is 16.6 Å². The molecule has 0 spiro atoms. The fourth-order valence-electron chi connectivity index (χ4n) is 4.40. The SMILES string of the molecule is Cc1cc(-n2cc(F)cn2)c2cccc(OCc3c(Cl)cc(F)cc3[C@H](C)NC(=O)c3cc(C)n(C)n3)c2n1. The van der Waals surface area contributed by atoms with Gasteiger partial charge < -0.3 is 10.1 Å². The Morgan fingerprint density at radius 3 is 2.64 bits per heavy atom. The number of halogens is 3. The molecule has 2 aromatic carbocycles. The van der Waals surface area contributed by atoms with Crippen molar-refractivity contribution >= 4 is 28.4 Å². The molecule has 0 aliphatic rings. The molecule has 3 aromatic heterocycles. The van der Waals surface area contributed by atoms with Gasteiger partial charge in [-0.15, -0.1) is 0 Å². The standard InChI is InChI=1S/C28H25ClF2N6O2/c1-15-8-25(37-13-19(31)12-32-37)20-6-5-7-26(27(20)33-15)39-14-22-21(10-18(30)11-23(22)29)17(3)34-28(38)24-9-16(2)36(4)35-24/h5-13,17H,14H2,1-4H3,(H,34,38)/t17-/m0/s1. The third kappa shape index (κ3) is 5.33. The number of benzene rings is 2. The minimum absolute atomic E-state index is 0.0161. The van der Waals surface area contributed by atoms with Gasteiger partial charge in [0.2, 0.25) is 0 Å². The molecule has 1 atom stereocenters. The van der Waals surface area contributed by atoms with E-state index in [0.29, 0.717) is 39.2 Å². The molecule has 0 saturated heterocycles. The number of nitrogens with zero attached hydrogens (tertiary/aromatic N) is 5. The minimum atomic E-state index is -0.596. The number of carbonyl (C=O) groups is 1.